The molecule has 1 aliphatic heterocycles. The molecule has 0 amide bonds. The molecule has 1 heterocycles. The lowest BCUT2D eigenvalue weighted by atomic mass is 9.79. The maximum atomic E-state index is 12.8. The third-order valence-electron chi connectivity index (χ3n) is 3.25. The molecule has 1 aromatic rings. The number of benzene rings is 1. The Morgan fingerprint density at radius 3 is 2.42 bits per heavy atom. The van der Waals surface area contributed by atoms with Crippen molar-refractivity contribution in [2.45, 2.75) is 24.6 Å². The third kappa shape index (κ3) is 2.87. The smallest absolute Gasteiger partial charge is 0.367 e. The van der Waals surface area contributed by atoms with Crippen molar-refractivity contribution in [1.82, 2.24) is 5.32 Å². The first kappa shape index (κ1) is 13.8. The standard InChI is InChI=1S/C13H11F3N2S/c14-13(15,16)11-6-9(8-4-2-1-3-5-8)10(7-17)12(19)18-11/h1-5,9-11H,6H2,(H,18,19). The number of piperidine rings is 1. The predicted octanol–water partition coefficient (Wildman–Crippen LogP) is 3.16. The molecular weight excluding hydrogens is 273 g/mol. The van der Waals surface area contributed by atoms with Gasteiger partial charge in [-0.05, 0) is 12.0 Å². The van der Waals surface area contributed by atoms with Gasteiger partial charge in [0.1, 0.15) is 12.0 Å². The van der Waals surface area contributed by atoms with Crippen molar-refractivity contribution in [3.05, 3.63) is 35.9 Å². The van der Waals surface area contributed by atoms with Crippen molar-refractivity contribution in [2.75, 3.05) is 0 Å². The van der Waals surface area contributed by atoms with E-state index in [0.717, 1.165) is 0 Å². The summed E-state index contributed by atoms with van der Waals surface area (Å²) in [6, 6.07) is 9.06. The van der Waals surface area contributed by atoms with E-state index < -0.39 is 24.1 Å². The van der Waals surface area contributed by atoms with Crippen LogP contribution in [0.4, 0.5) is 13.2 Å². The van der Waals surface area contributed by atoms with Crippen LogP contribution in [0.5, 0.6) is 0 Å². The number of rotatable bonds is 1. The van der Waals surface area contributed by atoms with Gasteiger partial charge in [-0.3, -0.25) is 0 Å². The van der Waals surface area contributed by atoms with Crippen molar-refractivity contribution < 1.29 is 13.2 Å². The van der Waals surface area contributed by atoms with Crippen LogP contribution < -0.4 is 5.32 Å². The summed E-state index contributed by atoms with van der Waals surface area (Å²) in [7, 11) is 0. The zero-order valence-electron chi connectivity index (χ0n) is 9.82. The van der Waals surface area contributed by atoms with E-state index >= 15 is 0 Å². The van der Waals surface area contributed by atoms with Gasteiger partial charge in [0.15, 0.2) is 0 Å². The average molecular weight is 284 g/mol. The highest BCUT2D eigenvalue weighted by atomic mass is 32.1. The number of nitrogens with one attached hydrogen (secondary N) is 1. The summed E-state index contributed by atoms with van der Waals surface area (Å²) >= 11 is 4.92. The second-order valence-electron chi connectivity index (χ2n) is 4.46. The first-order chi connectivity index (χ1) is 8.93. The number of halogens is 3. The molecule has 0 aromatic heterocycles. The fraction of sp³-hybridized carbons (Fsp3) is 0.385. The normalized spacial score (nSPS) is 27.5. The van der Waals surface area contributed by atoms with E-state index in [1.54, 1.807) is 30.3 Å². The minimum atomic E-state index is -4.36. The maximum absolute atomic E-state index is 12.8. The summed E-state index contributed by atoms with van der Waals surface area (Å²) < 4.78 is 38.5. The fourth-order valence-corrected chi connectivity index (χ4v) is 2.65. The van der Waals surface area contributed by atoms with Crippen LogP contribution in [0.1, 0.15) is 17.9 Å². The summed E-state index contributed by atoms with van der Waals surface area (Å²) in [5, 5.41) is 11.4. The van der Waals surface area contributed by atoms with Gasteiger partial charge in [0.2, 0.25) is 0 Å². The SMILES string of the molecule is N#CC1C(=S)NC(C(F)(F)F)CC1c1ccccc1. The largest absolute Gasteiger partial charge is 0.408 e. The van der Waals surface area contributed by atoms with E-state index in [4.69, 9.17) is 17.5 Å². The molecule has 1 aromatic carbocycles. The molecule has 1 saturated heterocycles. The van der Waals surface area contributed by atoms with Crippen LogP contribution in [0, 0.1) is 17.2 Å². The second-order valence-corrected chi connectivity index (χ2v) is 4.90. The van der Waals surface area contributed by atoms with Gasteiger partial charge in [-0.25, -0.2) is 0 Å². The minimum Gasteiger partial charge on any atom is -0.367 e. The Kier molecular flexibility index (Phi) is 3.76. The molecule has 3 unspecified atom stereocenters. The van der Waals surface area contributed by atoms with Gasteiger partial charge in [0.25, 0.3) is 0 Å². The van der Waals surface area contributed by atoms with Crippen LogP contribution in [-0.2, 0) is 0 Å². The van der Waals surface area contributed by atoms with Gasteiger partial charge < -0.3 is 5.32 Å². The molecule has 0 saturated carbocycles. The molecule has 2 rings (SSSR count). The minimum absolute atomic E-state index is 0.0232. The quantitative estimate of drug-likeness (QED) is 0.805. The lowest BCUT2D eigenvalue weighted by Crippen LogP contribution is -2.53. The summed E-state index contributed by atoms with van der Waals surface area (Å²) in [6.07, 6.45) is -4.54. The van der Waals surface area contributed by atoms with Gasteiger partial charge in [-0.1, -0.05) is 42.5 Å². The molecule has 0 spiro atoms. The first-order valence-electron chi connectivity index (χ1n) is 5.75. The molecule has 100 valence electrons. The number of nitriles is 1. The zero-order valence-corrected chi connectivity index (χ0v) is 10.6. The summed E-state index contributed by atoms with van der Waals surface area (Å²) in [6.45, 7) is 0. The van der Waals surface area contributed by atoms with Gasteiger partial charge in [0.05, 0.1) is 11.1 Å². The Balaban J connectivity index is 2.33. The van der Waals surface area contributed by atoms with E-state index in [2.05, 4.69) is 5.32 Å². The van der Waals surface area contributed by atoms with Crippen LogP contribution in [0.15, 0.2) is 30.3 Å². The number of nitrogens with zero attached hydrogens (tertiary/aromatic N) is 1. The highest BCUT2D eigenvalue weighted by Gasteiger charge is 2.47. The van der Waals surface area contributed by atoms with E-state index in [-0.39, 0.29) is 11.4 Å². The highest BCUT2D eigenvalue weighted by molar-refractivity contribution is 7.80. The first-order valence-corrected chi connectivity index (χ1v) is 6.16. The summed E-state index contributed by atoms with van der Waals surface area (Å²) in [5.74, 6) is -1.23. The molecule has 1 aliphatic rings. The Morgan fingerprint density at radius 1 is 1.26 bits per heavy atom. The molecule has 3 atom stereocenters. The molecule has 1 N–H and O–H groups in total. The van der Waals surface area contributed by atoms with Gasteiger partial charge in [0, 0.05) is 5.92 Å². The Labute approximate surface area is 114 Å². The topological polar surface area (TPSA) is 35.8 Å². The van der Waals surface area contributed by atoms with Gasteiger partial charge in [-0.15, -0.1) is 0 Å². The second kappa shape index (κ2) is 5.17. The number of thiocarbonyl (C=S) groups is 1. The zero-order chi connectivity index (χ0) is 14.0. The van der Waals surface area contributed by atoms with Crippen LogP contribution in [0.2, 0.25) is 0 Å². The van der Waals surface area contributed by atoms with E-state index in [0.29, 0.717) is 5.56 Å². The molecule has 19 heavy (non-hydrogen) atoms. The molecule has 1 fully saturated rings. The third-order valence-corrected chi connectivity index (χ3v) is 3.62. The predicted molar refractivity (Wildman–Crippen MR) is 68.5 cm³/mol. The van der Waals surface area contributed by atoms with E-state index in [1.807, 2.05) is 6.07 Å². The molecule has 0 radical (unpaired) electrons. The fourth-order valence-electron chi connectivity index (χ4n) is 2.29. The number of hydrogen-bond donors (Lipinski definition) is 1. The van der Waals surface area contributed by atoms with Crippen molar-refractivity contribution >= 4 is 17.2 Å². The summed E-state index contributed by atoms with van der Waals surface area (Å²) in [5.41, 5.74) is 0.715. The lowest BCUT2D eigenvalue weighted by Gasteiger charge is -2.36. The molecule has 6 heteroatoms. The van der Waals surface area contributed by atoms with Crippen LogP contribution in [0.25, 0.3) is 0 Å². The van der Waals surface area contributed by atoms with E-state index in [9.17, 15) is 13.2 Å². The van der Waals surface area contributed by atoms with Crippen LogP contribution >= 0.6 is 12.2 Å². The van der Waals surface area contributed by atoms with Crippen molar-refractivity contribution in [1.29, 1.82) is 5.26 Å². The molecular formula is C13H11F3N2S. The lowest BCUT2D eigenvalue weighted by molar-refractivity contribution is -0.156. The monoisotopic (exact) mass is 284 g/mol. The number of alkyl halides is 3. The Hall–Kier alpha value is -1.61. The van der Waals surface area contributed by atoms with Crippen molar-refractivity contribution in [2.24, 2.45) is 5.92 Å². The summed E-state index contributed by atoms with van der Waals surface area (Å²) in [4.78, 5) is -0.0232. The van der Waals surface area contributed by atoms with Crippen molar-refractivity contribution in [3.63, 3.8) is 0 Å². The van der Waals surface area contributed by atoms with Gasteiger partial charge >= 0.3 is 6.18 Å². The van der Waals surface area contributed by atoms with E-state index in [1.165, 1.54) is 0 Å². The van der Waals surface area contributed by atoms with Crippen LogP contribution in [-0.4, -0.2) is 17.2 Å². The molecule has 2 nitrogen and oxygen atoms in total. The van der Waals surface area contributed by atoms with Gasteiger partial charge in [-0.2, -0.15) is 18.4 Å². The van der Waals surface area contributed by atoms with Crippen LogP contribution in [0.3, 0.4) is 0 Å². The van der Waals surface area contributed by atoms with Crippen molar-refractivity contribution in [3.8, 4) is 6.07 Å². The Morgan fingerprint density at radius 2 is 1.89 bits per heavy atom. The molecule has 0 aliphatic carbocycles. The Bertz CT molecular complexity index is 507. The average Bonchev–Trinajstić information content (AvgIpc) is 2.37. The molecule has 0 bridgehead atoms. The number of hydrogen-bond acceptors (Lipinski definition) is 2. The maximum Gasteiger partial charge on any atom is 0.408 e. The highest BCUT2D eigenvalue weighted by Crippen LogP contribution is 2.38.